The average molecular weight is 311 g/mol. The summed E-state index contributed by atoms with van der Waals surface area (Å²) < 4.78 is 4.71. The molecule has 0 aliphatic heterocycles. The highest BCUT2D eigenvalue weighted by molar-refractivity contribution is 5.95. The lowest BCUT2D eigenvalue weighted by Crippen LogP contribution is -2.15. The number of amides is 1. The fraction of sp³-hybridized carbons (Fsp3) is 0.263. The Balaban J connectivity index is 2.06. The van der Waals surface area contributed by atoms with Crippen LogP contribution in [0.25, 0.3) is 0 Å². The van der Waals surface area contributed by atoms with Gasteiger partial charge in [-0.3, -0.25) is 4.79 Å². The predicted octanol–water partition coefficient (Wildman–Crippen LogP) is 3.91. The maximum Gasteiger partial charge on any atom is 0.337 e. The number of anilines is 1. The summed E-state index contributed by atoms with van der Waals surface area (Å²) in [6.45, 7) is 3.91. The summed E-state index contributed by atoms with van der Waals surface area (Å²) in [5, 5.41) is 2.88. The first kappa shape index (κ1) is 16.7. The van der Waals surface area contributed by atoms with E-state index in [0.29, 0.717) is 17.7 Å². The molecule has 0 radical (unpaired) electrons. The number of methoxy groups -OCH3 is 1. The lowest BCUT2D eigenvalue weighted by molar-refractivity contribution is -0.116. The van der Waals surface area contributed by atoms with Crippen LogP contribution in [0.5, 0.6) is 0 Å². The predicted molar refractivity (Wildman–Crippen MR) is 90.6 cm³/mol. The van der Waals surface area contributed by atoms with E-state index in [1.54, 1.807) is 18.2 Å². The summed E-state index contributed by atoms with van der Waals surface area (Å²) in [5.41, 5.74) is 3.09. The first-order valence-corrected chi connectivity index (χ1v) is 7.55. The van der Waals surface area contributed by atoms with E-state index in [-0.39, 0.29) is 11.8 Å². The maximum absolute atomic E-state index is 12.3. The molecule has 0 unspecified atom stereocenters. The van der Waals surface area contributed by atoms with Crippen molar-refractivity contribution in [2.45, 2.75) is 26.2 Å². The minimum atomic E-state index is -0.418. The number of benzene rings is 2. The Hall–Kier alpha value is -2.62. The van der Waals surface area contributed by atoms with Gasteiger partial charge in [0.05, 0.1) is 12.7 Å². The van der Waals surface area contributed by atoms with Crippen molar-refractivity contribution < 1.29 is 14.3 Å². The normalized spacial score (nSPS) is 11.6. The fourth-order valence-corrected chi connectivity index (χ4v) is 2.38. The number of hydrogen-bond acceptors (Lipinski definition) is 3. The molecule has 1 amide bonds. The van der Waals surface area contributed by atoms with Gasteiger partial charge in [-0.2, -0.15) is 0 Å². The van der Waals surface area contributed by atoms with E-state index in [9.17, 15) is 9.59 Å². The molecule has 0 aliphatic rings. The van der Waals surface area contributed by atoms with E-state index in [2.05, 4.69) is 5.32 Å². The van der Waals surface area contributed by atoms with E-state index in [4.69, 9.17) is 4.74 Å². The Morgan fingerprint density at radius 2 is 1.83 bits per heavy atom. The van der Waals surface area contributed by atoms with E-state index in [0.717, 1.165) is 11.1 Å². The second-order valence-corrected chi connectivity index (χ2v) is 5.59. The Bertz CT molecular complexity index is 695. The zero-order chi connectivity index (χ0) is 16.8. The van der Waals surface area contributed by atoms with Crippen LogP contribution >= 0.6 is 0 Å². The summed E-state index contributed by atoms with van der Waals surface area (Å²) in [5.74, 6) is -0.370. The molecule has 1 N–H and O–H groups in total. The number of ether oxygens (including phenoxy) is 1. The molecular weight excluding hydrogens is 290 g/mol. The van der Waals surface area contributed by atoms with Gasteiger partial charge >= 0.3 is 5.97 Å². The molecular formula is C19H21NO3. The topological polar surface area (TPSA) is 55.4 Å². The fourth-order valence-electron chi connectivity index (χ4n) is 2.38. The van der Waals surface area contributed by atoms with Gasteiger partial charge in [0.25, 0.3) is 0 Å². The second-order valence-electron chi connectivity index (χ2n) is 5.59. The SMILES string of the molecule is COC(=O)c1ccc(C)c(NC(=O)C[C@H](C)c2ccccc2)c1. The van der Waals surface area contributed by atoms with Crippen molar-refractivity contribution in [2.75, 3.05) is 12.4 Å². The number of aryl methyl sites for hydroxylation is 1. The van der Waals surface area contributed by atoms with E-state index < -0.39 is 5.97 Å². The van der Waals surface area contributed by atoms with Crippen molar-refractivity contribution >= 4 is 17.6 Å². The summed E-state index contributed by atoms with van der Waals surface area (Å²) in [6.07, 6.45) is 0.381. The van der Waals surface area contributed by atoms with Gasteiger partial charge in [-0.05, 0) is 36.1 Å². The summed E-state index contributed by atoms with van der Waals surface area (Å²) in [7, 11) is 1.34. The van der Waals surface area contributed by atoms with Crippen LogP contribution in [0.4, 0.5) is 5.69 Å². The Labute approximate surface area is 136 Å². The van der Waals surface area contributed by atoms with Gasteiger partial charge in [0.2, 0.25) is 5.91 Å². The van der Waals surface area contributed by atoms with E-state index >= 15 is 0 Å². The standard InChI is InChI=1S/C19H21NO3/c1-13-9-10-16(19(22)23-3)12-17(13)20-18(21)11-14(2)15-7-5-4-6-8-15/h4-10,12,14H,11H2,1-3H3,(H,20,21)/t14-/m0/s1. The number of carbonyl (C=O) groups is 2. The molecule has 0 bridgehead atoms. The molecule has 0 aromatic heterocycles. The molecule has 0 saturated heterocycles. The molecule has 0 aliphatic carbocycles. The van der Waals surface area contributed by atoms with Gasteiger partial charge in [0.1, 0.15) is 0 Å². The molecule has 120 valence electrons. The molecule has 2 aromatic rings. The van der Waals surface area contributed by atoms with Crippen molar-refractivity contribution in [3.8, 4) is 0 Å². The van der Waals surface area contributed by atoms with Crippen LogP contribution in [0, 0.1) is 6.92 Å². The zero-order valence-corrected chi connectivity index (χ0v) is 13.6. The van der Waals surface area contributed by atoms with Crippen LogP contribution in [-0.2, 0) is 9.53 Å². The number of nitrogens with one attached hydrogen (secondary N) is 1. The highest BCUT2D eigenvalue weighted by Gasteiger charge is 2.13. The lowest BCUT2D eigenvalue weighted by atomic mass is 9.97. The van der Waals surface area contributed by atoms with E-state index in [1.165, 1.54) is 7.11 Å². The smallest absolute Gasteiger partial charge is 0.337 e. The summed E-state index contributed by atoms with van der Waals surface area (Å²) in [6, 6.07) is 15.0. The van der Waals surface area contributed by atoms with Gasteiger partial charge in [0.15, 0.2) is 0 Å². The molecule has 2 rings (SSSR count). The van der Waals surface area contributed by atoms with Crippen molar-refractivity contribution in [3.05, 3.63) is 65.2 Å². The molecule has 23 heavy (non-hydrogen) atoms. The monoisotopic (exact) mass is 311 g/mol. The van der Waals surface area contributed by atoms with Gasteiger partial charge in [-0.25, -0.2) is 4.79 Å². The quantitative estimate of drug-likeness (QED) is 0.852. The third kappa shape index (κ3) is 4.42. The zero-order valence-electron chi connectivity index (χ0n) is 13.6. The molecule has 4 nitrogen and oxygen atoms in total. The van der Waals surface area contributed by atoms with Crippen LogP contribution in [0.1, 0.15) is 40.7 Å². The molecule has 0 fully saturated rings. The summed E-state index contributed by atoms with van der Waals surface area (Å²) in [4.78, 5) is 23.9. The van der Waals surface area contributed by atoms with Crippen molar-refractivity contribution in [3.63, 3.8) is 0 Å². The third-order valence-electron chi connectivity index (χ3n) is 3.79. The Morgan fingerprint density at radius 3 is 2.48 bits per heavy atom. The second kappa shape index (κ2) is 7.58. The minimum Gasteiger partial charge on any atom is -0.465 e. The molecule has 0 saturated carbocycles. The lowest BCUT2D eigenvalue weighted by Gasteiger charge is -2.14. The largest absolute Gasteiger partial charge is 0.465 e. The average Bonchev–Trinajstić information content (AvgIpc) is 2.56. The highest BCUT2D eigenvalue weighted by Crippen LogP contribution is 2.21. The summed E-state index contributed by atoms with van der Waals surface area (Å²) >= 11 is 0. The number of rotatable bonds is 5. The van der Waals surface area contributed by atoms with Gasteiger partial charge in [-0.1, -0.05) is 43.3 Å². The van der Waals surface area contributed by atoms with Gasteiger partial charge in [-0.15, -0.1) is 0 Å². The van der Waals surface area contributed by atoms with Crippen molar-refractivity contribution in [2.24, 2.45) is 0 Å². The Kier molecular flexibility index (Phi) is 5.52. The molecule has 1 atom stereocenters. The number of esters is 1. The third-order valence-corrected chi connectivity index (χ3v) is 3.79. The molecule has 4 heteroatoms. The maximum atomic E-state index is 12.3. The molecule has 2 aromatic carbocycles. The number of carbonyl (C=O) groups excluding carboxylic acids is 2. The van der Waals surface area contributed by atoms with Gasteiger partial charge < -0.3 is 10.1 Å². The number of hydrogen-bond donors (Lipinski definition) is 1. The van der Waals surface area contributed by atoms with Gasteiger partial charge in [0, 0.05) is 12.1 Å². The van der Waals surface area contributed by atoms with Crippen LogP contribution < -0.4 is 5.32 Å². The van der Waals surface area contributed by atoms with Crippen LogP contribution in [0.15, 0.2) is 48.5 Å². The molecule has 0 spiro atoms. The van der Waals surface area contributed by atoms with Crippen LogP contribution in [-0.4, -0.2) is 19.0 Å². The minimum absolute atomic E-state index is 0.0773. The highest BCUT2D eigenvalue weighted by atomic mass is 16.5. The molecule has 0 heterocycles. The van der Waals surface area contributed by atoms with Crippen molar-refractivity contribution in [1.29, 1.82) is 0 Å². The Morgan fingerprint density at radius 1 is 1.13 bits per heavy atom. The first-order valence-electron chi connectivity index (χ1n) is 7.55. The van der Waals surface area contributed by atoms with E-state index in [1.807, 2.05) is 44.2 Å². The van der Waals surface area contributed by atoms with Crippen LogP contribution in [0.3, 0.4) is 0 Å². The first-order chi connectivity index (χ1) is 11.0. The van der Waals surface area contributed by atoms with Crippen LogP contribution in [0.2, 0.25) is 0 Å². The van der Waals surface area contributed by atoms with Crippen molar-refractivity contribution in [1.82, 2.24) is 0 Å².